The second-order valence-corrected chi connectivity index (χ2v) is 6.86. The largest absolute Gasteiger partial charge is 0.369 e. The molecule has 0 spiro atoms. The minimum absolute atomic E-state index is 0.102. The van der Waals surface area contributed by atoms with E-state index in [4.69, 9.17) is 23.2 Å². The quantitative estimate of drug-likeness (QED) is 0.747. The van der Waals surface area contributed by atoms with E-state index >= 15 is 0 Å². The van der Waals surface area contributed by atoms with E-state index in [1.54, 1.807) is 6.92 Å². The Morgan fingerprint density at radius 2 is 1.67 bits per heavy atom. The Bertz CT molecular complexity index is 723. The number of benzene rings is 2. The standard InChI is InChI=1S/C19H20Cl2N2O/c1-14(24)15-5-7-17(8-6-15)23-11-9-22(10-12-23)13-16-3-2-4-18(20)19(16)21/h2-8H,9-13H2,1H3. The van der Waals surface area contributed by atoms with Crippen molar-refractivity contribution in [1.82, 2.24) is 4.90 Å². The number of carbonyl (C=O) groups is 1. The van der Waals surface area contributed by atoms with E-state index in [-0.39, 0.29) is 5.78 Å². The Kier molecular flexibility index (Phi) is 5.44. The SMILES string of the molecule is CC(=O)c1ccc(N2CCN(Cc3cccc(Cl)c3Cl)CC2)cc1. The summed E-state index contributed by atoms with van der Waals surface area (Å²) in [7, 11) is 0. The highest BCUT2D eigenvalue weighted by Gasteiger charge is 2.18. The van der Waals surface area contributed by atoms with Crippen LogP contribution in [0.3, 0.4) is 0 Å². The molecule has 0 unspecified atom stereocenters. The van der Waals surface area contributed by atoms with Crippen LogP contribution >= 0.6 is 23.2 Å². The van der Waals surface area contributed by atoms with Gasteiger partial charge in [-0.1, -0.05) is 35.3 Å². The van der Waals surface area contributed by atoms with E-state index < -0.39 is 0 Å². The number of piperazine rings is 1. The van der Waals surface area contributed by atoms with Crippen molar-refractivity contribution >= 4 is 34.7 Å². The second kappa shape index (κ2) is 7.56. The maximum absolute atomic E-state index is 11.4. The van der Waals surface area contributed by atoms with E-state index in [9.17, 15) is 4.79 Å². The van der Waals surface area contributed by atoms with Gasteiger partial charge < -0.3 is 4.90 Å². The molecule has 1 aliphatic rings. The third-order valence-corrected chi connectivity index (χ3v) is 5.29. The number of halogens is 2. The van der Waals surface area contributed by atoms with Gasteiger partial charge in [0.15, 0.2) is 5.78 Å². The highest BCUT2D eigenvalue weighted by atomic mass is 35.5. The Hall–Kier alpha value is -1.55. The predicted octanol–water partition coefficient (Wildman–Crippen LogP) is 4.52. The summed E-state index contributed by atoms with van der Waals surface area (Å²) < 4.78 is 0. The van der Waals surface area contributed by atoms with Crippen molar-refractivity contribution in [2.24, 2.45) is 0 Å². The summed E-state index contributed by atoms with van der Waals surface area (Å²) in [5, 5.41) is 1.26. The molecule has 0 bridgehead atoms. The summed E-state index contributed by atoms with van der Waals surface area (Å²) in [6.45, 7) is 6.26. The Morgan fingerprint density at radius 1 is 1.00 bits per heavy atom. The van der Waals surface area contributed by atoms with Gasteiger partial charge >= 0.3 is 0 Å². The molecule has 0 atom stereocenters. The van der Waals surface area contributed by atoms with Gasteiger partial charge in [0, 0.05) is 44.0 Å². The fraction of sp³-hybridized carbons (Fsp3) is 0.316. The van der Waals surface area contributed by atoms with E-state index in [0.29, 0.717) is 10.0 Å². The monoisotopic (exact) mass is 362 g/mol. The summed E-state index contributed by atoms with van der Waals surface area (Å²) in [6.07, 6.45) is 0. The lowest BCUT2D eigenvalue weighted by Gasteiger charge is -2.36. The van der Waals surface area contributed by atoms with Gasteiger partial charge in [0.05, 0.1) is 10.0 Å². The zero-order valence-electron chi connectivity index (χ0n) is 13.6. The molecule has 5 heteroatoms. The summed E-state index contributed by atoms with van der Waals surface area (Å²) >= 11 is 12.4. The van der Waals surface area contributed by atoms with Crippen LogP contribution in [0.5, 0.6) is 0 Å². The molecule has 3 rings (SSSR count). The predicted molar refractivity (Wildman–Crippen MR) is 100 cm³/mol. The second-order valence-electron chi connectivity index (χ2n) is 6.08. The fourth-order valence-corrected chi connectivity index (χ4v) is 3.36. The lowest BCUT2D eigenvalue weighted by Crippen LogP contribution is -2.46. The summed E-state index contributed by atoms with van der Waals surface area (Å²) in [5.41, 5.74) is 3.00. The maximum Gasteiger partial charge on any atom is 0.159 e. The molecular weight excluding hydrogens is 343 g/mol. The molecule has 2 aromatic carbocycles. The number of carbonyl (C=O) groups excluding carboxylic acids is 1. The van der Waals surface area contributed by atoms with Gasteiger partial charge in [-0.2, -0.15) is 0 Å². The lowest BCUT2D eigenvalue weighted by molar-refractivity contribution is 0.101. The van der Waals surface area contributed by atoms with Crippen molar-refractivity contribution in [2.75, 3.05) is 31.1 Å². The van der Waals surface area contributed by atoms with Crippen molar-refractivity contribution in [3.05, 3.63) is 63.6 Å². The number of Topliss-reactive ketones (excluding diaryl/α,β-unsaturated/α-hetero) is 1. The van der Waals surface area contributed by atoms with Crippen LogP contribution in [-0.4, -0.2) is 36.9 Å². The van der Waals surface area contributed by atoms with E-state index in [0.717, 1.165) is 43.9 Å². The van der Waals surface area contributed by atoms with Crippen LogP contribution < -0.4 is 4.90 Å². The average Bonchev–Trinajstić information content (AvgIpc) is 2.60. The lowest BCUT2D eigenvalue weighted by atomic mass is 10.1. The van der Waals surface area contributed by atoms with Crippen molar-refractivity contribution < 1.29 is 4.79 Å². The molecule has 2 aromatic rings. The molecule has 3 nitrogen and oxygen atoms in total. The molecule has 0 aliphatic carbocycles. The van der Waals surface area contributed by atoms with Crippen LogP contribution in [0.4, 0.5) is 5.69 Å². The molecule has 126 valence electrons. The third kappa shape index (κ3) is 3.92. The van der Waals surface area contributed by atoms with Crippen LogP contribution in [0, 0.1) is 0 Å². The van der Waals surface area contributed by atoms with Crippen molar-refractivity contribution in [1.29, 1.82) is 0 Å². The number of ketones is 1. The summed E-state index contributed by atoms with van der Waals surface area (Å²) in [6, 6.07) is 13.6. The molecule has 1 fully saturated rings. The smallest absolute Gasteiger partial charge is 0.159 e. The first-order chi connectivity index (χ1) is 11.5. The Morgan fingerprint density at radius 3 is 2.29 bits per heavy atom. The van der Waals surface area contributed by atoms with Crippen molar-refractivity contribution in [3.63, 3.8) is 0 Å². The Balaban J connectivity index is 1.59. The van der Waals surface area contributed by atoms with Gasteiger partial charge in [-0.3, -0.25) is 9.69 Å². The molecule has 1 heterocycles. The normalized spacial score (nSPS) is 15.5. The minimum atomic E-state index is 0.102. The molecule has 0 radical (unpaired) electrons. The highest BCUT2D eigenvalue weighted by molar-refractivity contribution is 6.42. The van der Waals surface area contributed by atoms with Gasteiger partial charge in [0.1, 0.15) is 0 Å². The Labute approximate surface area is 152 Å². The molecule has 1 saturated heterocycles. The number of hydrogen-bond donors (Lipinski definition) is 0. The first-order valence-electron chi connectivity index (χ1n) is 8.06. The number of hydrogen-bond acceptors (Lipinski definition) is 3. The first kappa shape index (κ1) is 17.3. The molecule has 0 N–H and O–H groups in total. The molecule has 0 aromatic heterocycles. The molecular formula is C19H20Cl2N2O. The zero-order chi connectivity index (χ0) is 17.1. The summed E-state index contributed by atoms with van der Waals surface area (Å²) in [4.78, 5) is 16.1. The van der Waals surface area contributed by atoms with Gasteiger partial charge in [-0.05, 0) is 42.8 Å². The van der Waals surface area contributed by atoms with Crippen LogP contribution in [0.1, 0.15) is 22.8 Å². The zero-order valence-corrected chi connectivity index (χ0v) is 15.1. The van der Waals surface area contributed by atoms with E-state index in [1.165, 1.54) is 5.69 Å². The minimum Gasteiger partial charge on any atom is -0.369 e. The topological polar surface area (TPSA) is 23.6 Å². The van der Waals surface area contributed by atoms with Crippen molar-refractivity contribution in [2.45, 2.75) is 13.5 Å². The molecule has 0 amide bonds. The molecule has 0 saturated carbocycles. The van der Waals surface area contributed by atoms with Gasteiger partial charge in [-0.25, -0.2) is 0 Å². The van der Waals surface area contributed by atoms with E-state index in [1.807, 2.05) is 42.5 Å². The number of nitrogens with zero attached hydrogens (tertiary/aromatic N) is 2. The average molecular weight is 363 g/mol. The fourth-order valence-electron chi connectivity index (χ4n) is 2.98. The molecule has 1 aliphatic heterocycles. The van der Waals surface area contributed by atoms with Crippen LogP contribution in [0.15, 0.2) is 42.5 Å². The van der Waals surface area contributed by atoms with Crippen molar-refractivity contribution in [3.8, 4) is 0 Å². The third-order valence-electron chi connectivity index (χ3n) is 4.44. The van der Waals surface area contributed by atoms with Gasteiger partial charge in [0.2, 0.25) is 0 Å². The first-order valence-corrected chi connectivity index (χ1v) is 8.81. The van der Waals surface area contributed by atoms with Crippen LogP contribution in [0.25, 0.3) is 0 Å². The summed E-state index contributed by atoms with van der Waals surface area (Å²) in [5.74, 6) is 0.102. The molecule has 24 heavy (non-hydrogen) atoms. The van der Waals surface area contributed by atoms with E-state index in [2.05, 4.69) is 9.80 Å². The van der Waals surface area contributed by atoms with Gasteiger partial charge in [0.25, 0.3) is 0 Å². The number of rotatable bonds is 4. The van der Waals surface area contributed by atoms with Crippen LogP contribution in [0.2, 0.25) is 10.0 Å². The highest BCUT2D eigenvalue weighted by Crippen LogP contribution is 2.27. The van der Waals surface area contributed by atoms with Gasteiger partial charge in [-0.15, -0.1) is 0 Å². The number of anilines is 1. The van der Waals surface area contributed by atoms with Crippen LogP contribution in [-0.2, 0) is 6.54 Å². The maximum atomic E-state index is 11.4.